The van der Waals surface area contributed by atoms with Crippen molar-refractivity contribution in [1.82, 2.24) is 15.1 Å². The average molecular weight is 237 g/mol. The standard InChI is InChI=1S/C12H19N3O2/c1-3-9-6-10(15(2)14-9)7-13-11(12(16)17)8-4-5-8/h6,8,11,13H,3-5,7H2,1-2H3,(H,16,17). The molecule has 1 aromatic heterocycles. The number of nitrogens with zero attached hydrogens (tertiary/aromatic N) is 2. The molecule has 1 unspecified atom stereocenters. The maximum atomic E-state index is 11.1. The van der Waals surface area contributed by atoms with Crippen LogP contribution < -0.4 is 5.32 Å². The fourth-order valence-corrected chi connectivity index (χ4v) is 2.01. The maximum absolute atomic E-state index is 11.1. The van der Waals surface area contributed by atoms with Crippen molar-refractivity contribution < 1.29 is 9.90 Å². The van der Waals surface area contributed by atoms with Crippen molar-refractivity contribution in [2.75, 3.05) is 0 Å². The summed E-state index contributed by atoms with van der Waals surface area (Å²) in [7, 11) is 1.89. The molecule has 5 heteroatoms. The number of aryl methyl sites for hydroxylation is 2. The predicted octanol–water partition coefficient (Wildman–Crippen LogP) is 0.935. The fraction of sp³-hybridized carbons (Fsp3) is 0.667. The third-order valence-corrected chi connectivity index (χ3v) is 3.25. The lowest BCUT2D eigenvalue weighted by Crippen LogP contribution is -2.38. The number of carboxylic acids is 1. The normalized spacial score (nSPS) is 17.1. The van der Waals surface area contributed by atoms with Crippen LogP contribution in [0.15, 0.2) is 6.07 Å². The summed E-state index contributed by atoms with van der Waals surface area (Å²) in [6, 6.07) is 1.62. The fourth-order valence-electron chi connectivity index (χ4n) is 2.01. The van der Waals surface area contributed by atoms with Gasteiger partial charge in [-0.3, -0.25) is 14.8 Å². The van der Waals surface area contributed by atoms with E-state index in [4.69, 9.17) is 5.11 Å². The van der Waals surface area contributed by atoms with Gasteiger partial charge >= 0.3 is 5.97 Å². The molecule has 1 aliphatic carbocycles. The Bertz CT molecular complexity index is 410. The van der Waals surface area contributed by atoms with Crippen LogP contribution in [0.3, 0.4) is 0 Å². The first kappa shape index (κ1) is 12.1. The summed E-state index contributed by atoms with van der Waals surface area (Å²) in [5.74, 6) is -0.434. The molecule has 1 heterocycles. The third kappa shape index (κ3) is 2.85. The molecular weight excluding hydrogens is 218 g/mol. The van der Waals surface area contributed by atoms with Gasteiger partial charge in [0.1, 0.15) is 6.04 Å². The molecule has 1 aromatic rings. The SMILES string of the molecule is CCc1cc(CNC(C(=O)O)C2CC2)n(C)n1. The smallest absolute Gasteiger partial charge is 0.320 e. The van der Waals surface area contributed by atoms with E-state index in [1.54, 1.807) is 0 Å². The summed E-state index contributed by atoms with van der Waals surface area (Å²) >= 11 is 0. The van der Waals surface area contributed by atoms with E-state index < -0.39 is 12.0 Å². The highest BCUT2D eigenvalue weighted by atomic mass is 16.4. The topological polar surface area (TPSA) is 67.2 Å². The Morgan fingerprint density at radius 1 is 1.71 bits per heavy atom. The molecule has 1 atom stereocenters. The molecule has 1 aliphatic rings. The first-order chi connectivity index (χ1) is 8.11. The Morgan fingerprint density at radius 3 is 2.88 bits per heavy atom. The second-order valence-electron chi connectivity index (χ2n) is 4.64. The molecule has 0 amide bonds. The minimum Gasteiger partial charge on any atom is -0.480 e. The molecule has 0 bridgehead atoms. The van der Waals surface area contributed by atoms with Gasteiger partial charge in [-0.1, -0.05) is 6.92 Å². The second-order valence-corrected chi connectivity index (χ2v) is 4.64. The zero-order valence-electron chi connectivity index (χ0n) is 10.3. The summed E-state index contributed by atoms with van der Waals surface area (Å²) in [6.45, 7) is 2.63. The van der Waals surface area contributed by atoms with Crippen LogP contribution in [0.1, 0.15) is 31.2 Å². The van der Waals surface area contributed by atoms with Crippen molar-refractivity contribution in [3.63, 3.8) is 0 Å². The summed E-state index contributed by atoms with van der Waals surface area (Å²) in [4.78, 5) is 11.1. The summed E-state index contributed by atoms with van der Waals surface area (Å²) in [6.07, 6.45) is 2.95. The quantitative estimate of drug-likeness (QED) is 0.772. The highest BCUT2D eigenvalue weighted by Gasteiger charge is 2.35. The Kier molecular flexibility index (Phi) is 3.47. The van der Waals surface area contributed by atoms with Crippen LogP contribution in [-0.4, -0.2) is 26.9 Å². The molecule has 1 saturated carbocycles. The average Bonchev–Trinajstić information content (AvgIpc) is 3.04. The molecule has 5 nitrogen and oxygen atoms in total. The zero-order valence-corrected chi connectivity index (χ0v) is 10.3. The van der Waals surface area contributed by atoms with Crippen LogP contribution in [0, 0.1) is 5.92 Å². The number of hydrogen-bond acceptors (Lipinski definition) is 3. The van der Waals surface area contributed by atoms with Gasteiger partial charge in [0.25, 0.3) is 0 Å². The molecule has 0 radical (unpaired) electrons. The minimum atomic E-state index is -0.745. The number of nitrogens with one attached hydrogen (secondary N) is 1. The number of aromatic nitrogens is 2. The number of aliphatic carboxylic acids is 1. The van der Waals surface area contributed by atoms with E-state index in [1.807, 2.05) is 17.8 Å². The van der Waals surface area contributed by atoms with Crippen molar-refractivity contribution >= 4 is 5.97 Å². The van der Waals surface area contributed by atoms with E-state index in [-0.39, 0.29) is 0 Å². The minimum absolute atomic E-state index is 0.311. The van der Waals surface area contributed by atoms with E-state index in [0.29, 0.717) is 12.5 Å². The van der Waals surface area contributed by atoms with Gasteiger partial charge < -0.3 is 5.11 Å². The van der Waals surface area contributed by atoms with Crippen molar-refractivity contribution in [1.29, 1.82) is 0 Å². The first-order valence-corrected chi connectivity index (χ1v) is 6.09. The predicted molar refractivity (Wildman–Crippen MR) is 63.6 cm³/mol. The Labute approximate surface area is 101 Å². The van der Waals surface area contributed by atoms with Gasteiger partial charge in [-0.15, -0.1) is 0 Å². The molecular formula is C12H19N3O2. The molecule has 94 valence electrons. The van der Waals surface area contributed by atoms with E-state index in [1.165, 1.54) is 0 Å². The lowest BCUT2D eigenvalue weighted by molar-refractivity contribution is -0.140. The molecule has 0 aromatic carbocycles. The van der Waals surface area contributed by atoms with E-state index in [9.17, 15) is 4.79 Å². The maximum Gasteiger partial charge on any atom is 0.320 e. The van der Waals surface area contributed by atoms with Crippen LogP contribution in [0.4, 0.5) is 0 Å². The Balaban J connectivity index is 1.95. The van der Waals surface area contributed by atoms with Gasteiger partial charge in [-0.05, 0) is 31.2 Å². The largest absolute Gasteiger partial charge is 0.480 e. The van der Waals surface area contributed by atoms with Crippen LogP contribution in [0.5, 0.6) is 0 Å². The van der Waals surface area contributed by atoms with Gasteiger partial charge in [0.15, 0.2) is 0 Å². The van der Waals surface area contributed by atoms with Gasteiger partial charge in [0.05, 0.1) is 11.4 Å². The molecule has 17 heavy (non-hydrogen) atoms. The highest BCUT2D eigenvalue weighted by Crippen LogP contribution is 2.32. The van der Waals surface area contributed by atoms with Crippen molar-refractivity contribution in [2.24, 2.45) is 13.0 Å². The second kappa shape index (κ2) is 4.87. The summed E-state index contributed by atoms with van der Waals surface area (Å²) < 4.78 is 1.82. The Morgan fingerprint density at radius 2 is 2.41 bits per heavy atom. The highest BCUT2D eigenvalue weighted by molar-refractivity contribution is 5.74. The number of rotatable bonds is 6. The van der Waals surface area contributed by atoms with E-state index in [2.05, 4.69) is 17.3 Å². The zero-order chi connectivity index (χ0) is 12.4. The third-order valence-electron chi connectivity index (χ3n) is 3.25. The van der Waals surface area contributed by atoms with Crippen molar-refractivity contribution in [3.8, 4) is 0 Å². The van der Waals surface area contributed by atoms with E-state index >= 15 is 0 Å². The lowest BCUT2D eigenvalue weighted by atomic mass is 10.2. The van der Waals surface area contributed by atoms with Gasteiger partial charge in [0, 0.05) is 13.6 Å². The number of hydrogen-bond donors (Lipinski definition) is 2. The molecule has 0 aliphatic heterocycles. The summed E-state index contributed by atoms with van der Waals surface area (Å²) in [5.41, 5.74) is 2.08. The first-order valence-electron chi connectivity index (χ1n) is 6.09. The molecule has 2 rings (SSSR count). The van der Waals surface area contributed by atoms with Gasteiger partial charge in [0.2, 0.25) is 0 Å². The van der Waals surface area contributed by atoms with Gasteiger partial charge in [-0.2, -0.15) is 5.10 Å². The molecule has 2 N–H and O–H groups in total. The van der Waals surface area contributed by atoms with Gasteiger partial charge in [-0.25, -0.2) is 0 Å². The van der Waals surface area contributed by atoms with Crippen LogP contribution in [0.25, 0.3) is 0 Å². The van der Waals surface area contributed by atoms with Crippen LogP contribution in [-0.2, 0) is 24.8 Å². The Hall–Kier alpha value is -1.36. The molecule has 0 spiro atoms. The lowest BCUT2D eigenvalue weighted by Gasteiger charge is -2.13. The van der Waals surface area contributed by atoms with Crippen LogP contribution in [0.2, 0.25) is 0 Å². The summed E-state index contributed by atoms with van der Waals surface area (Å²) in [5, 5.41) is 16.6. The monoisotopic (exact) mass is 237 g/mol. The van der Waals surface area contributed by atoms with Crippen molar-refractivity contribution in [3.05, 3.63) is 17.5 Å². The number of carboxylic acid groups (broad SMARTS) is 1. The van der Waals surface area contributed by atoms with Crippen LogP contribution >= 0.6 is 0 Å². The van der Waals surface area contributed by atoms with E-state index in [0.717, 1.165) is 30.7 Å². The number of carbonyl (C=O) groups is 1. The van der Waals surface area contributed by atoms with Crippen molar-refractivity contribution in [2.45, 2.75) is 38.8 Å². The molecule has 0 saturated heterocycles. The molecule has 1 fully saturated rings.